The molecule has 1 N–H and O–H groups in total. The number of carbonyl (C=O) groups is 1. The molecule has 7 nitrogen and oxygen atoms in total. The molecule has 1 amide bonds. The molecule has 192 valence electrons. The molecule has 1 aromatic heterocycles. The van der Waals surface area contributed by atoms with Crippen molar-refractivity contribution in [1.82, 2.24) is 15.1 Å². The van der Waals surface area contributed by atoms with E-state index in [4.69, 9.17) is 14.6 Å². The van der Waals surface area contributed by atoms with Gasteiger partial charge in [-0.05, 0) is 61.7 Å². The quantitative estimate of drug-likeness (QED) is 0.197. The van der Waals surface area contributed by atoms with E-state index in [0.29, 0.717) is 31.0 Å². The van der Waals surface area contributed by atoms with Gasteiger partial charge in [-0.1, -0.05) is 44.4 Å². The fourth-order valence-electron chi connectivity index (χ4n) is 4.27. The predicted octanol–water partition coefficient (Wildman–Crippen LogP) is 5.70. The number of rotatable bonds is 12. The van der Waals surface area contributed by atoms with Crippen LogP contribution in [0.4, 0.5) is 0 Å². The number of benzene rings is 2. The van der Waals surface area contributed by atoms with Crippen molar-refractivity contribution in [2.75, 3.05) is 19.8 Å². The topological polar surface area (TPSA) is 89.2 Å². The number of carbonyl (C=O) groups excluding carboxylic acids is 1. The van der Waals surface area contributed by atoms with Crippen LogP contribution in [0.3, 0.4) is 0 Å². The molecule has 1 saturated heterocycles. The van der Waals surface area contributed by atoms with Crippen molar-refractivity contribution < 1.29 is 14.3 Å². The van der Waals surface area contributed by atoms with Crippen LogP contribution in [0.25, 0.3) is 23.0 Å². The molecule has 1 aliphatic rings. The molecular formula is C30H34N4O3. The minimum absolute atomic E-state index is 0.00710. The average molecular weight is 499 g/mol. The van der Waals surface area contributed by atoms with E-state index in [-0.39, 0.29) is 11.7 Å². The summed E-state index contributed by atoms with van der Waals surface area (Å²) in [5.41, 5.74) is 3.14. The molecule has 4 rings (SSSR count). The van der Waals surface area contributed by atoms with Crippen LogP contribution in [-0.2, 0) is 9.53 Å². The Kier molecular flexibility index (Phi) is 9.50. The zero-order chi connectivity index (χ0) is 25.9. The van der Waals surface area contributed by atoms with Crippen molar-refractivity contribution in [2.24, 2.45) is 0 Å². The molecule has 0 aliphatic carbocycles. The second kappa shape index (κ2) is 13.4. The summed E-state index contributed by atoms with van der Waals surface area (Å²) >= 11 is 0. The highest BCUT2D eigenvalue weighted by atomic mass is 16.5. The monoisotopic (exact) mass is 498 g/mol. The maximum absolute atomic E-state index is 12.8. The number of nitrogens with zero attached hydrogens (tertiary/aromatic N) is 3. The lowest BCUT2D eigenvalue weighted by molar-refractivity contribution is -0.117. The predicted molar refractivity (Wildman–Crippen MR) is 144 cm³/mol. The smallest absolute Gasteiger partial charge is 0.262 e. The standard InChI is InChI=1S/C30H34N4O3/c1-2-3-4-8-17-36-27-15-13-23(14-16-27)29-25(22-34(33-29)26-10-6-5-7-11-26)19-24(20-31)30(35)32-21-28-12-9-18-37-28/h5-7,10-11,13-16,19,22,28H,2-4,8-9,12,17-18,21H2,1H3,(H,32,35)/b24-19-. The summed E-state index contributed by atoms with van der Waals surface area (Å²) in [7, 11) is 0. The van der Waals surface area contributed by atoms with Gasteiger partial charge in [-0.2, -0.15) is 10.4 Å². The SMILES string of the molecule is CCCCCCOc1ccc(-c2nn(-c3ccccc3)cc2/C=C(/C#N)C(=O)NCC2CCCO2)cc1. The summed E-state index contributed by atoms with van der Waals surface area (Å²) in [5.74, 6) is 0.397. The van der Waals surface area contributed by atoms with E-state index in [1.807, 2.05) is 60.8 Å². The van der Waals surface area contributed by atoms with Gasteiger partial charge in [0.05, 0.1) is 24.1 Å². The first-order chi connectivity index (χ1) is 18.2. The highest BCUT2D eigenvalue weighted by Gasteiger charge is 2.19. The van der Waals surface area contributed by atoms with Crippen molar-refractivity contribution in [2.45, 2.75) is 51.6 Å². The first-order valence-electron chi connectivity index (χ1n) is 13.1. The molecule has 0 bridgehead atoms. The summed E-state index contributed by atoms with van der Waals surface area (Å²) in [6.45, 7) is 4.00. The number of hydrogen-bond donors (Lipinski definition) is 1. The summed E-state index contributed by atoms with van der Waals surface area (Å²) in [6.07, 6.45) is 9.99. The Hall–Kier alpha value is -3.89. The number of hydrogen-bond acceptors (Lipinski definition) is 5. The molecule has 37 heavy (non-hydrogen) atoms. The molecule has 1 atom stereocenters. The van der Waals surface area contributed by atoms with Gasteiger partial charge in [0.1, 0.15) is 17.4 Å². The number of unbranched alkanes of at least 4 members (excludes halogenated alkanes) is 3. The number of amides is 1. The molecule has 7 heteroatoms. The van der Waals surface area contributed by atoms with Crippen molar-refractivity contribution in [3.05, 3.63) is 71.9 Å². The van der Waals surface area contributed by atoms with Crippen LogP contribution in [0.15, 0.2) is 66.4 Å². The molecule has 1 aliphatic heterocycles. The van der Waals surface area contributed by atoms with E-state index in [9.17, 15) is 10.1 Å². The third-order valence-electron chi connectivity index (χ3n) is 6.34. The minimum Gasteiger partial charge on any atom is -0.494 e. The summed E-state index contributed by atoms with van der Waals surface area (Å²) in [6, 6.07) is 19.6. The molecule has 0 spiro atoms. The Labute approximate surface area is 218 Å². The summed E-state index contributed by atoms with van der Waals surface area (Å²) in [5, 5.41) is 17.4. The summed E-state index contributed by atoms with van der Waals surface area (Å²) in [4.78, 5) is 12.8. The van der Waals surface area contributed by atoms with Gasteiger partial charge >= 0.3 is 0 Å². The van der Waals surface area contributed by atoms with Gasteiger partial charge in [0.2, 0.25) is 0 Å². The zero-order valence-electron chi connectivity index (χ0n) is 21.4. The Morgan fingerprint density at radius 1 is 1.19 bits per heavy atom. The highest BCUT2D eigenvalue weighted by molar-refractivity contribution is 6.02. The van der Waals surface area contributed by atoms with Crippen LogP contribution in [-0.4, -0.2) is 41.6 Å². The Bertz CT molecular complexity index is 1220. The van der Waals surface area contributed by atoms with Gasteiger partial charge in [-0.25, -0.2) is 4.68 Å². The third-order valence-corrected chi connectivity index (χ3v) is 6.34. The zero-order valence-corrected chi connectivity index (χ0v) is 21.4. The number of aromatic nitrogens is 2. The first kappa shape index (κ1) is 26.2. The lowest BCUT2D eigenvalue weighted by Gasteiger charge is -2.10. The lowest BCUT2D eigenvalue weighted by Crippen LogP contribution is -2.32. The van der Waals surface area contributed by atoms with E-state index < -0.39 is 5.91 Å². The number of ether oxygens (including phenoxy) is 2. The molecule has 0 radical (unpaired) electrons. The fourth-order valence-corrected chi connectivity index (χ4v) is 4.27. The Balaban J connectivity index is 1.56. The second-order valence-corrected chi connectivity index (χ2v) is 9.16. The van der Waals surface area contributed by atoms with Crippen LogP contribution in [0.2, 0.25) is 0 Å². The molecule has 0 saturated carbocycles. The lowest BCUT2D eigenvalue weighted by atomic mass is 10.1. The highest BCUT2D eigenvalue weighted by Crippen LogP contribution is 2.28. The van der Waals surface area contributed by atoms with E-state index >= 15 is 0 Å². The van der Waals surface area contributed by atoms with Gasteiger partial charge in [-0.3, -0.25) is 4.79 Å². The van der Waals surface area contributed by atoms with Crippen molar-refractivity contribution in [3.8, 4) is 28.8 Å². The molecule has 2 heterocycles. The van der Waals surface area contributed by atoms with Crippen molar-refractivity contribution in [1.29, 1.82) is 5.26 Å². The normalized spacial score (nSPS) is 15.4. The van der Waals surface area contributed by atoms with Gasteiger partial charge in [0.15, 0.2) is 0 Å². The van der Waals surface area contributed by atoms with E-state index in [0.717, 1.165) is 36.3 Å². The minimum atomic E-state index is -0.414. The van der Waals surface area contributed by atoms with Gasteiger partial charge < -0.3 is 14.8 Å². The van der Waals surface area contributed by atoms with Gasteiger partial charge in [0.25, 0.3) is 5.91 Å². The van der Waals surface area contributed by atoms with Crippen LogP contribution >= 0.6 is 0 Å². The number of para-hydroxylation sites is 1. The average Bonchev–Trinajstić information content (AvgIpc) is 3.61. The van der Waals surface area contributed by atoms with E-state index in [2.05, 4.69) is 18.3 Å². The second-order valence-electron chi connectivity index (χ2n) is 9.16. The largest absolute Gasteiger partial charge is 0.494 e. The van der Waals surface area contributed by atoms with Crippen LogP contribution in [0.5, 0.6) is 5.75 Å². The number of nitrogens with one attached hydrogen (secondary N) is 1. The summed E-state index contributed by atoms with van der Waals surface area (Å²) < 4.78 is 13.2. The molecule has 1 unspecified atom stereocenters. The van der Waals surface area contributed by atoms with Crippen LogP contribution in [0.1, 0.15) is 51.0 Å². The maximum Gasteiger partial charge on any atom is 0.262 e. The van der Waals surface area contributed by atoms with Crippen molar-refractivity contribution in [3.63, 3.8) is 0 Å². The third kappa shape index (κ3) is 7.31. The Morgan fingerprint density at radius 2 is 2.00 bits per heavy atom. The maximum atomic E-state index is 12.8. The molecular weight excluding hydrogens is 464 g/mol. The molecule has 3 aromatic rings. The van der Waals surface area contributed by atoms with Gasteiger partial charge in [0, 0.05) is 30.5 Å². The number of nitriles is 1. The van der Waals surface area contributed by atoms with Crippen molar-refractivity contribution >= 4 is 12.0 Å². The van der Waals surface area contributed by atoms with Gasteiger partial charge in [-0.15, -0.1) is 0 Å². The van der Waals surface area contributed by atoms with E-state index in [1.165, 1.54) is 19.3 Å². The first-order valence-corrected chi connectivity index (χ1v) is 13.1. The Morgan fingerprint density at radius 3 is 2.70 bits per heavy atom. The van der Waals surface area contributed by atoms with Crippen LogP contribution < -0.4 is 10.1 Å². The van der Waals surface area contributed by atoms with E-state index in [1.54, 1.807) is 10.8 Å². The fraction of sp³-hybridized carbons (Fsp3) is 0.367. The van der Waals surface area contributed by atoms with Crippen LogP contribution in [0, 0.1) is 11.3 Å². The molecule has 1 fully saturated rings. The molecule has 2 aromatic carbocycles.